The lowest BCUT2D eigenvalue weighted by atomic mass is 10.1. The first-order chi connectivity index (χ1) is 7.36. The second-order valence-corrected chi connectivity index (χ2v) is 4.14. The van der Waals surface area contributed by atoms with E-state index >= 15 is 0 Å². The molecular formula is C11H19N2O2. The van der Waals surface area contributed by atoms with Crippen LogP contribution in [0.4, 0.5) is 0 Å². The van der Waals surface area contributed by atoms with E-state index in [2.05, 4.69) is 11.3 Å². The van der Waals surface area contributed by atoms with E-state index in [1.807, 2.05) is 4.90 Å². The number of likely N-dealkylation sites (tertiary alicyclic amines) is 1. The molecule has 0 atom stereocenters. The minimum Gasteiger partial charge on any atom is -0.379 e. The normalized spacial score (nSPS) is 24.1. The summed E-state index contributed by atoms with van der Waals surface area (Å²) < 4.78 is 5.26. The average Bonchev–Trinajstić information content (AvgIpc) is 2.31. The number of hydrogen-bond donors (Lipinski definition) is 0. The standard InChI is InChI=1S/C11H19N2O2/c14-11(13-4-2-1-3-5-13)10-12-6-8-15-9-7-12/h1H,2-10H2. The molecule has 0 aliphatic carbocycles. The number of morpholine rings is 1. The first kappa shape index (κ1) is 10.9. The van der Waals surface area contributed by atoms with E-state index in [0.29, 0.717) is 6.54 Å². The van der Waals surface area contributed by atoms with E-state index in [4.69, 9.17) is 4.74 Å². The molecule has 0 saturated carbocycles. The van der Waals surface area contributed by atoms with Crippen molar-refractivity contribution in [1.82, 2.24) is 9.80 Å². The van der Waals surface area contributed by atoms with Gasteiger partial charge >= 0.3 is 0 Å². The van der Waals surface area contributed by atoms with Crippen LogP contribution in [0, 0.1) is 6.42 Å². The molecule has 85 valence electrons. The number of carbonyl (C=O) groups is 1. The second kappa shape index (κ2) is 5.47. The number of ether oxygens (including phenoxy) is 1. The molecule has 0 N–H and O–H groups in total. The van der Waals surface area contributed by atoms with Gasteiger partial charge in [0.25, 0.3) is 0 Å². The second-order valence-electron chi connectivity index (χ2n) is 4.14. The summed E-state index contributed by atoms with van der Waals surface area (Å²) >= 11 is 0. The molecule has 1 radical (unpaired) electrons. The van der Waals surface area contributed by atoms with Gasteiger partial charge in [-0.2, -0.15) is 0 Å². The van der Waals surface area contributed by atoms with Crippen molar-refractivity contribution in [3.63, 3.8) is 0 Å². The highest BCUT2D eigenvalue weighted by Gasteiger charge is 2.20. The molecule has 2 aliphatic rings. The Kier molecular flexibility index (Phi) is 3.97. The van der Waals surface area contributed by atoms with Crippen molar-refractivity contribution >= 4 is 5.91 Å². The highest BCUT2D eigenvalue weighted by atomic mass is 16.5. The zero-order valence-electron chi connectivity index (χ0n) is 9.15. The first-order valence-corrected chi connectivity index (χ1v) is 5.76. The zero-order valence-corrected chi connectivity index (χ0v) is 9.15. The summed E-state index contributed by atoms with van der Waals surface area (Å²) in [7, 11) is 0. The summed E-state index contributed by atoms with van der Waals surface area (Å²) in [6.45, 7) is 5.70. The van der Waals surface area contributed by atoms with Crippen molar-refractivity contribution in [2.45, 2.75) is 12.8 Å². The summed E-state index contributed by atoms with van der Waals surface area (Å²) in [4.78, 5) is 16.1. The number of hydrogen-bond acceptors (Lipinski definition) is 3. The summed E-state index contributed by atoms with van der Waals surface area (Å²) in [6, 6.07) is 0. The number of carbonyl (C=O) groups excluding carboxylic acids is 1. The van der Waals surface area contributed by atoms with Crippen LogP contribution in [0.1, 0.15) is 12.8 Å². The molecule has 0 aromatic heterocycles. The Balaban J connectivity index is 1.74. The van der Waals surface area contributed by atoms with Crippen LogP contribution in [-0.4, -0.2) is 61.6 Å². The topological polar surface area (TPSA) is 32.8 Å². The third-order valence-electron chi connectivity index (χ3n) is 3.02. The maximum atomic E-state index is 11.9. The van der Waals surface area contributed by atoms with E-state index in [1.165, 1.54) is 0 Å². The van der Waals surface area contributed by atoms with Crippen LogP contribution in [0.2, 0.25) is 0 Å². The van der Waals surface area contributed by atoms with Gasteiger partial charge in [0.15, 0.2) is 0 Å². The van der Waals surface area contributed by atoms with Crippen LogP contribution >= 0.6 is 0 Å². The van der Waals surface area contributed by atoms with Gasteiger partial charge in [0.05, 0.1) is 19.8 Å². The molecule has 0 bridgehead atoms. The van der Waals surface area contributed by atoms with E-state index in [9.17, 15) is 4.79 Å². The smallest absolute Gasteiger partial charge is 0.236 e. The summed E-state index contributed by atoms with van der Waals surface area (Å²) in [5, 5.41) is 0. The lowest BCUT2D eigenvalue weighted by Gasteiger charge is -2.31. The first-order valence-electron chi connectivity index (χ1n) is 5.76. The summed E-state index contributed by atoms with van der Waals surface area (Å²) in [5.74, 6) is 0.282. The molecule has 0 aromatic carbocycles. The lowest BCUT2D eigenvalue weighted by Crippen LogP contribution is -2.46. The van der Waals surface area contributed by atoms with Crippen molar-refractivity contribution in [3.8, 4) is 0 Å². The predicted octanol–water partition coefficient (Wildman–Crippen LogP) is 0.145. The molecule has 4 nitrogen and oxygen atoms in total. The SMILES string of the molecule is O=C(CN1CCOCC1)N1CC[CH]CC1. The lowest BCUT2D eigenvalue weighted by molar-refractivity contribution is -0.133. The van der Waals surface area contributed by atoms with Gasteiger partial charge in [0, 0.05) is 26.2 Å². The van der Waals surface area contributed by atoms with Crippen LogP contribution in [0.15, 0.2) is 0 Å². The van der Waals surface area contributed by atoms with Gasteiger partial charge in [-0.3, -0.25) is 9.69 Å². The van der Waals surface area contributed by atoms with Gasteiger partial charge < -0.3 is 9.64 Å². The van der Waals surface area contributed by atoms with Crippen molar-refractivity contribution in [2.24, 2.45) is 0 Å². The Bertz CT molecular complexity index is 209. The molecular weight excluding hydrogens is 192 g/mol. The van der Waals surface area contributed by atoms with Crippen LogP contribution in [0.3, 0.4) is 0 Å². The van der Waals surface area contributed by atoms with Crippen molar-refractivity contribution in [1.29, 1.82) is 0 Å². The van der Waals surface area contributed by atoms with Crippen LogP contribution in [0.5, 0.6) is 0 Å². The molecule has 0 spiro atoms. The number of rotatable bonds is 2. The number of amides is 1. The molecule has 0 aromatic rings. The molecule has 2 rings (SSSR count). The van der Waals surface area contributed by atoms with Gasteiger partial charge in [-0.25, -0.2) is 0 Å². The van der Waals surface area contributed by atoms with E-state index in [0.717, 1.165) is 52.2 Å². The highest BCUT2D eigenvalue weighted by molar-refractivity contribution is 5.78. The van der Waals surface area contributed by atoms with Crippen molar-refractivity contribution < 1.29 is 9.53 Å². The highest BCUT2D eigenvalue weighted by Crippen LogP contribution is 2.08. The van der Waals surface area contributed by atoms with E-state index < -0.39 is 0 Å². The third kappa shape index (κ3) is 3.18. The number of nitrogens with zero attached hydrogens (tertiary/aromatic N) is 2. The quantitative estimate of drug-likeness (QED) is 0.651. The maximum absolute atomic E-state index is 11.9. The van der Waals surface area contributed by atoms with Crippen LogP contribution < -0.4 is 0 Å². The zero-order chi connectivity index (χ0) is 10.5. The van der Waals surface area contributed by atoms with Crippen LogP contribution in [-0.2, 0) is 9.53 Å². The van der Waals surface area contributed by atoms with E-state index in [1.54, 1.807) is 0 Å². The Hall–Kier alpha value is -0.610. The Labute approximate surface area is 91.2 Å². The van der Waals surface area contributed by atoms with Gasteiger partial charge in [0.1, 0.15) is 0 Å². The fourth-order valence-corrected chi connectivity index (χ4v) is 2.05. The molecule has 4 heteroatoms. The van der Waals surface area contributed by atoms with Gasteiger partial charge in [-0.1, -0.05) is 0 Å². The fraction of sp³-hybridized carbons (Fsp3) is 0.818. The summed E-state index contributed by atoms with van der Waals surface area (Å²) in [5.41, 5.74) is 0. The Morgan fingerprint density at radius 1 is 1.13 bits per heavy atom. The van der Waals surface area contributed by atoms with Crippen molar-refractivity contribution in [2.75, 3.05) is 45.9 Å². The van der Waals surface area contributed by atoms with Crippen LogP contribution in [0.25, 0.3) is 0 Å². The summed E-state index contributed by atoms with van der Waals surface area (Å²) in [6.07, 6.45) is 4.36. The van der Waals surface area contributed by atoms with Gasteiger partial charge in [-0.05, 0) is 19.3 Å². The monoisotopic (exact) mass is 211 g/mol. The maximum Gasteiger partial charge on any atom is 0.236 e. The molecule has 15 heavy (non-hydrogen) atoms. The van der Waals surface area contributed by atoms with E-state index in [-0.39, 0.29) is 5.91 Å². The molecule has 0 unspecified atom stereocenters. The van der Waals surface area contributed by atoms with Gasteiger partial charge in [-0.15, -0.1) is 0 Å². The minimum atomic E-state index is 0.282. The molecule has 2 saturated heterocycles. The molecule has 2 fully saturated rings. The van der Waals surface area contributed by atoms with Gasteiger partial charge in [0.2, 0.25) is 5.91 Å². The molecule has 1 amide bonds. The molecule has 2 aliphatic heterocycles. The minimum absolute atomic E-state index is 0.282. The molecule has 2 heterocycles. The Morgan fingerprint density at radius 2 is 1.80 bits per heavy atom. The fourth-order valence-electron chi connectivity index (χ4n) is 2.05. The number of piperidine rings is 1. The predicted molar refractivity (Wildman–Crippen MR) is 57.4 cm³/mol. The third-order valence-corrected chi connectivity index (χ3v) is 3.02. The van der Waals surface area contributed by atoms with Crippen molar-refractivity contribution in [3.05, 3.63) is 6.42 Å². The largest absolute Gasteiger partial charge is 0.379 e. The average molecular weight is 211 g/mol. The Morgan fingerprint density at radius 3 is 2.47 bits per heavy atom.